The molecule has 1 aliphatic rings. The maximum absolute atomic E-state index is 13.2. The van der Waals surface area contributed by atoms with Crippen LogP contribution in [-0.2, 0) is 11.8 Å². The SMILES string of the molecule is CN1C(=C(C#N)C(=O)CSc2nc3sc(-c4ccccc4)cc3c(=O)n2C)N(C)c2ccccc21. The molecule has 0 saturated heterocycles. The van der Waals surface area contributed by atoms with Gasteiger partial charge in [0.2, 0.25) is 0 Å². The first-order valence-electron chi connectivity index (χ1n) is 10.8. The summed E-state index contributed by atoms with van der Waals surface area (Å²) in [5.41, 5.74) is 2.80. The number of rotatable bonds is 5. The molecule has 7 nitrogen and oxygen atoms in total. The van der Waals surface area contributed by atoms with Gasteiger partial charge in [0, 0.05) is 26.0 Å². The molecule has 35 heavy (non-hydrogen) atoms. The highest BCUT2D eigenvalue weighted by molar-refractivity contribution is 7.99. The molecule has 0 unspecified atom stereocenters. The number of hydrogen-bond donors (Lipinski definition) is 0. The van der Waals surface area contributed by atoms with Gasteiger partial charge >= 0.3 is 0 Å². The van der Waals surface area contributed by atoms with Crippen LogP contribution < -0.4 is 15.4 Å². The Morgan fingerprint density at radius 2 is 1.66 bits per heavy atom. The van der Waals surface area contributed by atoms with Crippen LogP contribution in [0.15, 0.2) is 82.0 Å². The Morgan fingerprint density at radius 1 is 1.03 bits per heavy atom. The van der Waals surface area contributed by atoms with E-state index in [0.717, 1.165) is 33.6 Å². The molecule has 9 heteroatoms. The molecule has 0 atom stereocenters. The molecule has 3 heterocycles. The van der Waals surface area contributed by atoms with E-state index in [1.54, 1.807) is 7.05 Å². The molecule has 0 saturated carbocycles. The van der Waals surface area contributed by atoms with Crippen molar-refractivity contribution in [2.75, 3.05) is 29.6 Å². The van der Waals surface area contributed by atoms with Crippen molar-refractivity contribution in [2.45, 2.75) is 5.16 Å². The normalized spacial score (nSPS) is 12.7. The Balaban J connectivity index is 1.44. The molecule has 1 aliphatic heterocycles. The summed E-state index contributed by atoms with van der Waals surface area (Å²) in [4.78, 5) is 36.1. The van der Waals surface area contributed by atoms with Crippen LogP contribution in [0.25, 0.3) is 20.7 Å². The van der Waals surface area contributed by atoms with Crippen LogP contribution in [0, 0.1) is 11.3 Å². The molecular formula is C26H21N5O2S2. The fourth-order valence-electron chi connectivity index (χ4n) is 4.18. The molecule has 0 spiro atoms. The van der Waals surface area contributed by atoms with E-state index in [4.69, 9.17) is 0 Å². The van der Waals surface area contributed by atoms with Crippen molar-refractivity contribution in [3.05, 3.63) is 82.4 Å². The summed E-state index contributed by atoms with van der Waals surface area (Å²) in [6.07, 6.45) is 0. The summed E-state index contributed by atoms with van der Waals surface area (Å²) in [6.45, 7) is 0. The Hall–Kier alpha value is -3.87. The lowest BCUT2D eigenvalue weighted by atomic mass is 10.2. The van der Waals surface area contributed by atoms with E-state index in [1.165, 1.54) is 15.9 Å². The van der Waals surface area contributed by atoms with Crippen molar-refractivity contribution in [1.82, 2.24) is 9.55 Å². The molecule has 2 aromatic heterocycles. The first-order valence-corrected chi connectivity index (χ1v) is 12.6. The number of para-hydroxylation sites is 2. The maximum Gasteiger partial charge on any atom is 0.262 e. The second-order valence-electron chi connectivity index (χ2n) is 8.08. The molecule has 5 rings (SSSR count). The van der Waals surface area contributed by atoms with Crippen LogP contribution in [0.5, 0.6) is 0 Å². The van der Waals surface area contributed by atoms with Gasteiger partial charge in [0.1, 0.15) is 22.3 Å². The summed E-state index contributed by atoms with van der Waals surface area (Å²) in [7, 11) is 5.34. The first-order chi connectivity index (χ1) is 16.9. The lowest BCUT2D eigenvalue weighted by Crippen LogP contribution is -2.27. The summed E-state index contributed by atoms with van der Waals surface area (Å²) in [6, 6.07) is 21.6. The number of allylic oxidation sites excluding steroid dienone is 1. The number of fused-ring (bicyclic) bond motifs is 2. The van der Waals surface area contributed by atoms with Gasteiger partial charge in [-0.2, -0.15) is 5.26 Å². The van der Waals surface area contributed by atoms with Crippen molar-refractivity contribution in [2.24, 2.45) is 7.05 Å². The first kappa shape index (κ1) is 22.9. The molecule has 0 aliphatic carbocycles. The van der Waals surface area contributed by atoms with Gasteiger partial charge in [-0.05, 0) is 23.8 Å². The summed E-state index contributed by atoms with van der Waals surface area (Å²) >= 11 is 2.61. The number of benzene rings is 2. The number of thioether (sulfide) groups is 1. The zero-order chi connectivity index (χ0) is 24.7. The number of carbonyl (C=O) groups is 1. The van der Waals surface area contributed by atoms with E-state index in [2.05, 4.69) is 11.1 Å². The number of hydrogen-bond acceptors (Lipinski definition) is 8. The van der Waals surface area contributed by atoms with Crippen LogP contribution >= 0.6 is 23.1 Å². The minimum Gasteiger partial charge on any atom is -0.328 e. The van der Waals surface area contributed by atoms with Crippen LogP contribution in [0.3, 0.4) is 0 Å². The second kappa shape index (κ2) is 9.06. The summed E-state index contributed by atoms with van der Waals surface area (Å²) < 4.78 is 1.46. The highest BCUT2D eigenvalue weighted by atomic mass is 32.2. The number of ketones is 1. The molecule has 2 aromatic carbocycles. The topological polar surface area (TPSA) is 82.2 Å². The number of Topliss-reactive ketones (excluding diaryl/α,β-unsaturated/α-hetero) is 1. The van der Waals surface area contributed by atoms with Gasteiger partial charge in [-0.15, -0.1) is 11.3 Å². The van der Waals surface area contributed by atoms with Crippen molar-refractivity contribution in [1.29, 1.82) is 5.26 Å². The number of anilines is 2. The largest absolute Gasteiger partial charge is 0.328 e. The highest BCUT2D eigenvalue weighted by Crippen LogP contribution is 2.40. The third kappa shape index (κ3) is 3.91. The van der Waals surface area contributed by atoms with Gasteiger partial charge in [0.05, 0.1) is 22.5 Å². The Kier molecular flexibility index (Phi) is 5.93. The van der Waals surface area contributed by atoms with Crippen LogP contribution in [-0.4, -0.2) is 35.2 Å². The van der Waals surface area contributed by atoms with E-state index < -0.39 is 0 Å². The Morgan fingerprint density at radius 3 is 2.29 bits per heavy atom. The van der Waals surface area contributed by atoms with E-state index in [1.807, 2.05) is 84.6 Å². The van der Waals surface area contributed by atoms with Gasteiger partial charge in [0.25, 0.3) is 5.56 Å². The number of nitriles is 1. The quantitative estimate of drug-likeness (QED) is 0.171. The lowest BCUT2D eigenvalue weighted by molar-refractivity contribution is -0.112. The van der Waals surface area contributed by atoms with E-state index in [0.29, 0.717) is 21.2 Å². The summed E-state index contributed by atoms with van der Waals surface area (Å²) in [5.74, 6) is 0.222. The van der Waals surface area contributed by atoms with Crippen molar-refractivity contribution < 1.29 is 4.79 Å². The van der Waals surface area contributed by atoms with Gasteiger partial charge in [-0.3, -0.25) is 14.2 Å². The third-order valence-electron chi connectivity index (χ3n) is 5.98. The zero-order valence-electron chi connectivity index (χ0n) is 19.3. The standard InChI is InChI=1S/C26H21N5O2S2/c1-29-19-11-7-8-12-20(19)30(2)24(29)18(14-27)21(32)15-34-26-28-23-17(25(33)31(26)3)13-22(35-23)16-9-5-4-6-10-16/h4-13H,15H2,1-3H3. The van der Waals surface area contributed by atoms with Gasteiger partial charge in [-0.1, -0.05) is 54.2 Å². The number of thiophene rings is 1. The van der Waals surface area contributed by atoms with Crippen LogP contribution in [0.4, 0.5) is 11.4 Å². The smallest absolute Gasteiger partial charge is 0.262 e. The monoisotopic (exact) mass is 499 g/mol. The highest BCUT2D eigenvalue weighted by Gasteiger charge is 2.31. The fraction of sp³-hybridized carbons (Fsp3) is 0.154. The molecule has 0 fully saturated rings. The molecule has 4 aromatic rings. The second-order valence-corrected chi connectivity index (χ2v) is 10.1. The lowest BCUT2D eigenvalue weighted by Gasteiger charge is -2.19. The van der Waals surface area contributed by atoms with Crippen LogP contribution in [0.2, 0.25) is 0 Å². The zero-order valence-corrected chi connectivity index (χ0v) is 21.0. The average Bonchev–Trinajstić information content (AvgIpc) is 3.42. The number of aromatic nitrogens is 2. The predicted molar refractivity (Wildman–Crippen MR) is 142 cm³/mol. The van der Waals surface area contributed by atoms with Crippen LogP contribution in [0.1, 0.15) is 0 Å². The van der Waals surface area contributed by atoms with E-state index in [-0.39, 0.29) is 22.7 Å². The molecule has 0 amide bonds. The number of carbonyl (C=O) groups excluding carboxylic acids is 1. The van der Waals surface area contributed by atoms with Gasteiger partial charge in [-0.25, -0.2) is 4.98 Å². The van der Waals surface area contributed by atoms with Crippen molar-refractivity contribution in [3.8, 4) is 16.5 Å². The molecule has 174 valence electrons. The van der Waals surface area contributed by atoms with Gasteiger partial charge in [0.15, 0.2) is 10.9 Å². The third-order valence-corrected chi connectivity index (χ3v) is 8.08. The minimum absolute atomic E-state index is 0.00682. The van der Waals surface area contributed by atoms with Crippen molar-refractivity contribution >= 4 is 50.5 Å². The summed E-state index contributed by atoms with van der Waals surface area (Å²) in [5, 5.41) is 10.9. The Bertz CT molecular complexity index is 1570. The minimum atomic E-state index is -0.315. The Labute approximate surface area is 210 Å². The molecule has 0 radical (unpaired) electrons. The van der Waals surface area contributed by atoms with Gasteiger partial charge < -0.3 is 9.80 Å². The number of nitrogens with zero attached hydrogens (tertiary/aromatic N) is 5. The average molecular weight is 500 g/mol. The van der Waals surface area contributed by atoms with Crippen molar-refractivity contribution in [3.63, 3.8) is 0 Å². The maximum atomic E-state index is 13.2. The van der Waals surface area contributed by atoms with E-state index in [9.17, 15) is 14.9 Å². The van der Waals surface area contributed by atoms with E-state index >= 15 is 0 Å². The fourth-order valence-corrected chi connectivity index (χ4v) is 6.10. The molecule has 0 bridgehead atoms. The predicted octanol–water partition coefficient (Wildman–Crippen LogP) is 4.64. The molecular weight excluding hydrogens is 478 g/mol. The molecule has 0 N–H and O–H groups in total.